The molecule has 96 valence electrons. The highest BCUT2D eigenvalue weighted by Gasteiger charge is 2.12. The Hall–Kier alpha value is -2.75. The molecule has 0 fully saturated rings. The molecule has 0 aromatic heterocycles. The van der Waals surface area contributed by atoms with Crippen molar-refractivity contribution in [1.82, 2.24) is 15.0 Å². The first-order valence-corrected chi connectivity index (χ1v) is 6.38. The second kappa shape index (κ2) is 4.13. The molecule has 2 aliphatic rings. The second-order valence-corrected chi connectivity index (χ2v) is 4.71. The van der Waals surface area contributed by atoms with E-state index in [1.165, 1.54) is 17.5 Å². The highest BCUT2D eigenvalue weighted by Crippen LogP contribution is 2.28. The number of hydrogen-bond acceptors (Lipinski definition) is 4. The monoisotopic (exact) mass is 261 g/mol. The summed E-state index contributed by atoms with van der Waals surface area (Å²) in [6, 6.07) is 14.3. The predicted molar refractivity (Wildman–Crippen MR) is 76.4 cm³/mol. The van der Waals surface area contributed by atoms with Crippen LogP contribution >= 0.6 is 0 Å². The standard InChI is InChI=1S/C16H11N3O/c1-10-4-2-3-5-12(10)11-6-7-13-14(8-11)20-16-15(19-13)17-9-18-16/h2-9H,1H3. The Kier molecular flexibility index (Phi) is 2.29. The van der Waals surface area contributed by atoms with Gasteiger partial charge in [-0.1, -0.05) is 30.3 Å². The number of rotatable bonds is 1. The zero-order valence-electron chi connectivity index (χ0n) is 10.9. The average molecular weight is 261 g/mol. The van der Waals surface area contributed by atoms with Crippen LogP contribution in [-0.4, -0.2) is 15.0 Å². The fraction of sp³-hybridized carbons (Fsp3) is 0.0625. The normalized spacial score (nSPS) is 11.2. The molecular formula is C16H11N3O. The number of fused-ring (bicyclic) bond motifs is 2. The molecule has 0 radical (unpaired) electrons. The fourth-order valence-electron chi connectivity index (χ4n) is 2.37. The van der Waals surface area contributed by atoms with E-state index in [1.807, 2.05) is 24.3 Å². The molecule has 2 heterocycles. The number of benzene rings is 2. The lowest BCUT2D eigenvalue weighted by Gasteiger charge is -2.07. The molecule has 0 bridgehead atoms. The quantitative estimate of drug-likeness (QED) is 0.524. The van der Waals surface area contributed by atoms with Gasteiger partial charge in [0.15, 0.2) is 5.58 Å². The topological polar surface area (TPSA) is 51.8 Å². The van der Waals surface area contributed by atoms with Gasteiger partial charge in [0, 0.05) is 0 Å². The number of imidazole rings is 1. The molecule has 2 aliphatic heterocycles. The smallest absolute Gasteiger partial charge is 0.266 e. The van der Waals surface area contributed by atoms with Crippen molar-refractivity contribution in [3.63, 3.8) is 0 Å². The van der Waals surface area contributed by atoms with Gasteiger partial charge in [-0.2, -0.15) is 4.98 Å². The van der Waals surface area contributed by atoms with Crippen LogP contribution in [0.5, 0.6) is 0 Å². The molecule has 4 rings (SSSR count). The lowest BCUT2D eigenvalue weighted by atomic mass is 10.0. The lowest BCUT2D eigenvalue weighted by Crippen LogP contribution is -1.88. The van der Waals surface area contributed by atoms with Gasteiger partial charge in [-0.3, -0.25) is 0 Å². The van der Waals surface area contributed by atoms with E-state index in [0.29, 0.717) is 11.7 Å². The summed E-state index contributed by atoms with van der Waals surface area (Å²) in [5, 5.41) is 0. The molecule has 2 aromatic rings. The molecule has 0 atom stereocenters. The van der Waals surface area contributed by atoms with Crippen molar-refractivity contribution in [1.29, 1.82) is 0 Å². The molecule has 0 unspecified atom stereocenters. The van der Waals surface area contributed by atoms with Crippen LogP contribution in [0.15, 0.2) is 53.2 Å². The summed E-state index contributed by atoms with van der Waals surface area (Å²) in [7, 11) is 0. The highest BCUT2D eigenvalue weighted by molar-refractivity contribution is 5.82. The molecule has 4 heteroatoms. The maximum Gasteiger partial charge on any atom is 0.266 e. The van der Waals surface area contributed by atoms with Crippen molar-refractivity contribution in [3.05, 3.63) is 54.4 Å². The first kappa shape index (κ1) is 11.1. The Morgan fingerprint density at radius 1 is 1.00 bits per heavy atom. The molecule has 0 spiro atoms. The van der Waals surface area contributed by atoms with Crippen molar-refractivity contribution in [2.24, 2.45) is 0 Å². The minimum absolute atomic E-state index is 0.472. The molecule has 0 amide bonds. The van der Waals surface area contributed by atoms with E-state index in [4.69, 9.17) is 4.42 Å². The third kappa shape index (κ3) is 1.66. The third-order valence-corrected chi connectivity index (χ3v) is 3.40. The van der Waals surface area contributed by atoms with Gasteiger partial charge in [0.1, 0.15) is 11.8 Å². The molecule has 4 nitrogen and oxygen atoms in total. The van der Waals surface area contributed by atoms with Gasteiger partial charge in [0.2, 0.25) is 5.82 Å². The molecule has 0 N–H and O–H groups in total. The van der Waals surface area contributed by atoms with Crippen LogP contribution in [0.4, 0.5) is 0 Å². The Balaban J connectivity index is 1.97. The third-order valence-electron chi connectivity index (χ3n) is 3.40. The first-order valence-electron chi connectivity index (χ1n) is 6.38. The van der Waals surface area contributed by atoms with Crippen LogP contribution in [0.3, 0.4) is 0 Å². The maximum atomic E-state index is 5.75. The van der Waals surface area contributed by atoms with Crippen molar-refractivity contribution >= 4 is 11.1 Å². The summed E-state index contributed by atoms with van der Waals surface area (Å²) in [4.78, 5) is 12.5. The van der Waals surface area contributed by atoms with Gasteiger partial charge in [-0.05, 0) is 35.7 Å². The highest BCUT2D eigenvalue weighted by atomic mass is 16.3. The predicted octanol–water partition coefficient (Wildman–Crippen LogP) is 3.70. The Morgan fingerprint density at radius 3 is 2.80 bits per heavy atom. The van der Waals surface area contributed by atoms with Gasteiger partial charge in [-0.25, -0.2) is 9.97 Å². The Morgan fingerprint density at radius 2 is 1.90 bits per heavy atom. The van der Waals surface area contributed by atoms with Crippen molar-refractivity contribution in [2.45, 2.75) is 6.92 Å². The first-order chi connectivity index (χ1) is 9.81. The summed E-state index contributed by atoms with van der Waals surface area (Å²) in [6.07, 6.45) is 1.46. The molecule has 20 heavy (non-hydrogen) atoms. The Bertz CT molecular complexity index is 882. The van der Waals surface area contributed by atoms with Crippen LogP contribution in [-0.2, 0) is 0 Å². The van der Waals surface area contributed by atoms with Gasteiger partial charge in [0.25, 0.3) is 5.89 Å². The van der Waals surface area contributed by atoms with Gasteiger partial charge in [0.05, 0.1) is 0 Å². The van der Waals surface area contributed by atoms with Gasteiger partial charge < -0.3 is 4.42 Å². The number of nitrogens with zero attached hydrogens (tertiary/aromatic N) is 3. The van der Waals surface area contributed by atoms with E-state index < -0.39 is 0 Å². The van der Waals surface area contributed by atoms with Crippen LogP contribution in [0.1, 0.15) is 5.56 Å². The molecule has 0 aliphatic carbocycles. The summed E-state index contributed by atoms with van der Waals surface area (Å²) in [5.41, 5.74) is 5.04. The lowest BCUT2D eigenvalue weighted by molar-refractivity contribution is 0.596. The second-order valence-electron chi connectivity index (χ2n) is 4.71. The van der Waals surface area contributed by atoms with Crippen LogP contribution in [0.25, 0.3) is 33.9 Å². The van der Waals surface area contributed by atoms with Crippen LogP contribution in [0, 0.1) is 6.92 Å². The summed E-state index contributed by atoms with van der Waals surface area (Å²) in [5.74, 6) is 1.01. The van der Waals surface area contributed by atoms with Crippen molar-refractivity contribution in [2.75, 3.05) is 0 Å². The van der Waals surface area contributed by atoms with E-state index in [1.54, 1.807) is 0 Å². The SMILES string of the molecule is Cc1ccccc1-c1ccc2nc3ncnc-3oc2c1. The molecule has 2 aromatic carbocycles. The molecular weight excluding hydrogens is 250 g/mol. The summed E-state index contributed by atoms with van der Waals surface area (Å²) < 4.78 is 5.75. The van der Waals surface area contributed by atoms with Crippen LogP contribution < -0.4 is 0 Å². The maximum absolute atomic E-state index is 5.75. The molecule has 0 saturated carbocycles. The number of aromatic nitrogens is 3. The minimum atomic E-state index is 0.472. The van der Waals surface area contributed by atoms with E-state index in [-0.39, 0.29) is 0 Å². The van der Waals surface area contributed by atoms with E-state index in [9.17, 15) is 0 Å². The van der Waals surface area contributed by atoms with E-state index >= 15 is 0 Å². The summed E-state index contributed by atoms with van der Waals surface area (Å²) in [6.45, 7) is 2.10. The average Bonchev–Trinajstić information content (AvgIpc) is 2.92. The Labute approximate surface area is 115 Å². The van der Waals surface area contributed by atoms with E-state index in [0.717, 1.165) is 16.7 Å². The largest absolute Gasteiger partial charge is 0.433 e. The minimum Gasteiger partial charge on any atom is -0.433 e. The van der Waals surface area contributed by atoms with E-state index in [2.05, 4.69) is 40.1 Å². The van der Waals surface area contributed by atoms with Gasteiger partial charge in [-0.15, -0.1) is 0 Å². The number of aryl methyl sites for hydroxylation is 1. The van der Waals surface area contributed by atoms with Gasteiger partial charge >= 0.3 is 0 Å². The zero-order valence-corrected chi connectivity index (χ0v) is 10.9. The fourth-order valence-corrected chi connectivity index (χ4v) is 2.37. The van der Waals surface area contributed by atoms with Crippen LogP contribution in [0.2, 0.25) is 0 Å². The summed E-state index contributed by atoms with van der Waals surface area (Å²) >= 11 is 0. The zero-order chi connectivity index (χ0) is 13.5. The molecule has 0 saturated heterocycles. The number of hydrogen-bond donors (Lipinski definition) is 0. The van der Waals surface area contributed by atoms with Crippen molar-refractivity contribution in [3.8, 4) is 22.8 Å². The van der Waals surface area contributed by atoms with Crippen molar-refractivity contribution < 1.29 is 4.42 Å².